The van der Waals surface area contributed by atoms with Crippen molar-refractivity contribution in [1.82, 2.24) is 4.90 Å². The zero-order valence-corrected chi connectivity index (χ0v) is 9.42. The van der Waals surface area contributed by atoms with Crippen molar-refractivity contribution >= 4 is 11.9 Å². The summed E-state index contributed by atoms with van der Waals surface area (Å²) < 4.78 is 9.55. The van der Waals surface area contributed by atoms with Crippen LogP contribution in [0.1, 0.15) is 0 Å². The van der Waals surface area contributed by atoms with Crippen LogP contribution in [-0.4, -0.2) is 54.7 Å². The molecule has 2 atom stereocenters. The number of aliphatic carboxylic acids is 1. The Morgan fingerprint density at radius 3 is 2.53 bits per heavy atom. The summed E-state index contributed by atoms with van der Waals surface area (Å²) in [7, 11) is 3.81. The summed E-state index contributed by atoms with van der Waals surface area (Å²) in [6.45, 7) is 0. The summed E-state index contributed by atoms with van der Waals surface area (Å²) in [6.07, 6.45) is 1.16. The van der Waals surface area contributed by atoms with E-state index in [1.807, 2.05) is 0 Å². The number of hydrogen-bond donors (Lipinski definition) is 1. The van der Waals surface area contributed by atoms with Crippen molar-refractivity contribution in [3.8, 4) is 0 Å². The maximum absolute atomic E-state index is 11.8. The van der Waals surface area contributed by atoms with Crippen molar-refractivity contribution in [1.29, 1.82) is 0 Å². The standard InChI is InChI=1S/C9H11NO7/c1-10-8(6(11)12)4-5(14-2)9(10,17-16-8)7(13)15-3/h4H,1-3H3,(H,11,12). The van der Waals surface area contributed by atoms with Crippen LogP contribution in [0.25, 0.3) is 0 Å². The Hall–Kier alpha value is -1.64. The lowest BCUT2D eigenvalue weighted by Crippen LogP contribution is -2.55. The van der Waals surface area contributed by atoms with Crippen molar-refractivity contribution in [3.05, 3.63) is 11.8 Å². The maximum atomic E-state index is 11.8. The topological polar surface area (TPSA) is 94.5 Å². The van der Waals surface area contributed by atoms with E-state index in [9.17, 15) is 9.59 Å². The van der Waals surface area contributed by atoms with Gasteiger partial charge in [0.25, 0.3) is 5.72 Å². The molecule has 2 unspecified atom stereocenters. The minimum Gasteiger partial charge on any atom is -0.496 e. The first-order valence-corrected chi connectivity index (χ1v) is 4.65. The molecule has 17 heavy (non-hydrogen) atoms. The van der Waals surface area contributed by atoms with Gasteiger partial charge in [-0.25, -0.2) is 14.5 Å². The van der Waals surface area contributed by atoms with Crippen LogP contribution < -0.4 is 0 Å². The Bertz CT molecular complexity index is 420. The molecular formula is C9H11NO7. The molecule has 0 aromatic rings. The van der Waals surface area contributed by atoms with Crippen LogP contribution >= 0.6 is 0 Å². The highest BCUT2D eigenvalue weighted by Crippen LogP contribution is 2.48. The molecule has 8 heteroatoms. The third kappa shape index (κ3) is 1.11. The van der Waals surface area contributed by atoms with Gasteiger partial charge in [0.15, 0.2) is 5.76 Å². The number of carbonyl (C=O) groups excluding carboxylic acids is 1. The van der Waals surface area contributed by atoms with Crippen molar-refractivity contribution < 1.29 is 33.9 Å². The SMILES string of the molecule is COC(=O)C12OOC(C(=O)O)(C=C1OC)N2C. The molecule has 8 nitrogen and oxygen atoms in total. The van der Waals surface area contributed by atoms with E-state index < -0.39 is 23.4 Å². The number of carbonyl (C=O) groups is 2. The number of fused-ring (bicyclic) bond motifs is 2. The number of likely N-dealkylation sites (N-methyl/N-ethyl adjacent to an activating group) is 1. The van der Waals surface area contributed by atoms with Gasteiger partial charge in [-0.05, 0) is 7.05 Å². The first-order valence-electron chi connectivity index (χ1n) is 4.65. The van der Waals surface area contributed by atoms with Gasteiger partial charge in [0, 0.05) is 6.08 Å². The molecule has 2 aliphatic rings. The van der Waals surface area contributed by atoms with Crippen LogP contribution in [0.4, 0.5) is 0 Å². The number of carboxylic acid groups (broad SMARTS) is 1. The zero-order valence-electron chi connectivity index (χ0n) is 9.42. The molecule has 1 N–H and O–H groups in total. The Morgan fingerprint density at radius 1 is 1.41 bits per heavy atom. The average molecular weight is 245 g/mol. The molecule has 0 aromatic carbocycles. The van der Waals surface area contributed by atoms with Gasteiger partial charge < -0.3 is 14.6 Å². The van der Waals surface area contributed by atoms with Crippen LogP contribution in [-0.2, 0) is 28.8 Å². The van der Waals surface area contributed by atoms with Crippen LogP contribution in [0, 0.1) is 0 Å². The molecule has 0 amide bonds. The maximum Gasteiger partial charge on any atom is 0.365 e. The lowest BCUT2D eigenvalue weighted by molar-refractivity contribution is -0.339. The molecule has 0 radical (unpaired) electrons. The summed E-state index contributed by atoms with van der Waals surface area (Å²) in [6, 6.07) is 0. The van der Waals surface area contributed by atoms with Crippen LogP contribution in [0.2, 0.25) is 0 Å². The molecule has 94 valence electrons. The fraction of sp³-hybridized carbons (Fsp3) is 0.556. The zero-order chi connectivity index (χ0) is 12.8. The fourth-order valence-electron chi connectivity index (χ4n) is 1.92. The van der Waals surface area contributed by atoms with Gasteiger partial charge in [-0.15, -0.1) is 0 Å². The first kappa shape index (κ1) is 11.8. The molecule has 0 aromatic heterocycles. The van der Waals surface area contributed by atoms with E-state index in [0.29, 0.717) is 0 Å². The van der Waals surface area contributed by atoms with Gasteiger partial charge in [-0.2, -0.15) is 9.78 Å². The predicted molar refractivity (Wildman–Crippen MR) is 50.1 cm³/mol. The van der Waals surface area contributed by atoms with E-state index in [-0.39, 0.29) is 5.76 Å². The van der Waals surface area contributed by atoms with Crippen molar-refractivity contribution in [2.75, 3.05) is 21.3 Å². The fourth-order valence-corrected chi connectivity index (χ4v) is 1.92. The molecule has 1 fully saturated rings. The quantitative estimate of drug-likeness (QED) is 0.503. The number of esters is 1. The first-order chi connectivity index (χ1) is 7.95. The average Bonchev–Trinajstić information content (AvgIpc) is 2.76. The molecule has 0 aliphatic carbocycles. The highest BCUT2D eigenvalue weighted by molar-refractivity contribution is 5.89. The van der Waals surface area contributed by atoms with E-state index in [2.05, 4.69) is 4.74 Å². The van der Waals surface area contributed by atoms with E-state index in [1.54, 1.807) is 0 Å². The lowest BCUT2D eigenvalue weighted by Gasteiger charge is -2.27. The monoisotopic (exact) mass is 245 g/mol. The molecule has 1 saturated heterocycles. The Balaban J connectivity index is 2.54. The van der Waals surface area contributed by atoms with E-state index in [1.165, 1.54) is 14.2 Å². The van der Waals surface area contributed by atoms with Crippen molar-refractivity contribution in [2.45, 2.75) is 11.4 Å². The molecule has 0 saturated carbocycles. The largest absolute Gasteiger partial charge is 0.496 e. The third-order valence-corrected chi connectivity index (χ3v) is 2.91. The van der Waals surface area contributed by atoms with Crippen LogP contribution in [0.15, 0.2) is 11.8 Å². The third-order valence-electron chi connectivity index (χ3n) is 2.91. The molecule has 2 rings (SSSR count). The number of nitrogens with zero attached hydrogens (tertiary/aromatic N) is 1. The van der Waals surface area contributed by atoms with Crippen LogP contribution in [0.3, 0.4) is 0 Å². The Morgan fingerprint density at radius 2 is 2.06 bits per heavy atom. The summed E-state index contributed by atoms with van der Waals surface area (Å²) in [5.41, 5.74) is -3.68. The number of carboxylic acids is 1. The lowest BCUT2D eigenvalue weighted by atomic mass is 10.2. The number of hydrogen-bond acceptors (Lipinski definition) is 7. The van der Waals surface area contributed by atoms with E-state index in [4.69, 9.17) is 19.6 Å². The Kier molecular flexibility index (Phi) is 2.38. The van der Waals surface area contributed by atoms with Gasteiger partial charge in [0.1, 0.15) is 0 Å². The highest BCUT2D eigenvalue weighted by Gasteiger charge is 2.73. The van der Waals surface area contributed by atoms with Crippen molar-refractivity contribution in [2.24, 2.45) is 0 Å². The molecule has 0 spiro atoms. The normalized spacial score (nSPS) is 35.6. The van der Waals surface area contributed by atoms with Gasteiger partial charge in [-0.3, -0.25) is 0 Å². The summed E-state index contributed by atoms with van der Waals surface area (Å²) in [4.78, 5) is 33.6. The second-order valence-electron chi connectivity index (χ2n) is 3.58. The van der Waals surface area contributed by atoms with Gasteiger partial charge >= 0.3 is 17.7 Å². The minimum atomic E-state index is -1.88. The smallest absolute Gasteiger partial charge is 0.365 e. The molecule has 2 heterocycles. The van der Waals surface area contributed by atoms with Crippen LogP contribution in [0.5, 0.6) is 0 Å². The number of ether oxygens (including phenoxy) is 2. The molecule has 2 bridgehead atoms. The summed E-state index contributed by atoms with van der Waals surface area (Å²) in [5, 5.41) is 9.14. The summed E-state index contributed by atoms with van der Waals surface area (Å²) in [5.74, 6) is -2.13. The number of methoxy groups -OCH3 is 2. The molecular weight excluding hydrogens is 234 g/mol. The van der Waals surface area contributed by atoms with E-state index >= 15 is 0 Å². The number of rotatable bonds is 3. The molecule has 2 aliphatic heterocycles. The second kappa shape index (κ2) is 3.42. The highest BCUT2D eigenvalue weighted by atomic mass is 17.2. The van der Waals surface area contributed by atoms with Gasteiger partial charge in [0.2, 0.25) is 0 Å². The van der Waals surface area contributed by atoms with E-state index in [0.717, 1.165) is 18.1 Å². The predicted octanol–water partition coefficient (Wildman–Crippen LogP) is -0.926. The minimum absolute atomic E-state index is 0.0144. The summed E-state index contributed by atoms with van der Waals surface area (Å²) >= 11 is 0. The Labute approximate surface area is 96.2 Å². The van der Waals surface area contributed by atoms with Gasteiger partial charge in [-0.1, -0.05) is 0 Å². The van der Waals surface area contributed by atoms with Gasteiger partial charge in [0.05, 0.1) is 14.2 Å². The van der Waals surface area contributed by atoms with Crippen molar-refractivity contribution in [3.63, 3.8) is 0 Å². The second-order valence-corrected chi connectivity index (χ2v) is 3.58.